The molecule has 4 heteroatoms. The van der Waals surface area contributed by atoms with Gasteiger partial charge in [0, 0.05) is 0 Å². The molecule has 0 aromatic carbocycles. The lowest BCUT2D eigenvalue weighted by molar-refractivity contribution is 0.216. The minimum atomic E-state index is 0.104. The Hall–Kier alpha value is -1.06. The molecule has 0 amide bonds. The van der Waals surface area contributed by atoms with Crippen LogP contribution in [0, 0.1) is 0 Å². The number of rotatable bonds is 2. The van der Waals surface area contributed by atoms with Gasteiger partial charge in [0.2, 0.25) is 11.8 Å². The summed E-state index contributed by atoms with van der Waals surface area (Å²) >= 11 is 0. The van der Waals surface area contributed by atoms with Crippen LogP contribution in [0.3, 0.4) is 0 Å². The van der Waals surface area contributed by atoms with Crippen LogP contribution in [-0.4, -0.2) is 14.2 Å². The standard InChI is InChI=1S/C4H10N2O2/c1-7-3(5)4(6)8-2/h5-6H2,1-2H3. The Morgan fingerprint density at radius 1 is 1.00 bits per heavy atom. The van der Waals surface area contributed by atoms with Gasteiger partial charge in [-0.2, -0.15) is 0 Å². The summed E-state index contributed by atoms with van der Waals surface area (Å²) in [5.74, 6) is 0.208. The predicted molar refractivity (Wildman–Crippen MR) is 29.4 cm³/mol. The lowest BCUT2D eigenvalue weighted by Gasteiger charge is -2.01. The molecule has 0 radical (unpaired) electrons. The summed E-state index contributed by atoms with van der Waals surface area (Å²) in [5.41, 5.74) is 10.3. The van der Waals surface area contributed by atoms with Gasteiger partial charge in [0.05, 0.1) is 14.2 Å². The zero-order valence-electron chi connectivity index (χ0n) is 4.97. The Morgan fingerprint density at radius 3 is 1.38 bits per heavy atom. The minimum absolute atomic E-state index is 0.104. The summed E-state index contributed by atoms with van der Waals surface area (Å²) in [6.45, 7) is 0. The van der Waals surface area contributed by atoms with Crippen molar-refractivity contribution in [2.75, 3.05) is 14.2 Å². The van der Waals surface area contributed by atoms with Gasteiger partial charge in [-0.15, -0.1) is 0 Å². The van der Waals surface area contributed by atoms with Gasteiger partial charge < -0.3 is 20.9 Å². The topological polar surface area (TPSA) is 70.5 Å². The molecule has 0 aliphatic rings. The van der Waals surface area contributed by atoms with E-state index in [0.717, 1.165) is 0 Å². The fourth-order valence-electron chi connectivity index (χ4n) is 0.201. The molecule has 0 spiro atoms. The molecule has 0 aliphatic carbocycles. The minimum Gasteiger partial charge on any atom is -0.479 e. The van der Waals surface area contributed by atoms with Crippen molar-refractivity contribution in [1.29, 1.82) is 0 Å². The van der Waals surface area contributed by atoms with Crippen molar-refractivity contribution in [3.8, 4) is 0 Å². The number of ether oxygens (including phenoxy) is 2. The van der Waals surface area contributed by atoms with E-state index >= 15 is 0 Å². The maximum Gasteiger partial charge on any atom is 0.245 e. The second kappa shape index (κ2) is 3.01. The van der Waals surface area contributed by atoms with Gasteiger partial charge in [0.25, 0.3) is 0 Å². The first-order chi connectivity index (χ1) is 3.72. The third kappa shape index (κ3) is 1.59. The van der Waals surface area contributed by atoms with Gasteiger partial charge in [-0.3, -0.25) is 0 Å². The van der Waals surface area contributed by atoms with Crippen molar-refractivity contribution in [2.24, 2.45) is 11.5 Å². The molecular formula is C4H10N2O2. The molecule has 0 unspecified atom stereocenters. The molecule has 0 heterocycles. The number of hydrogen-bond donors (Lipinski definition) is 2. The molecule has 0 rings (SSSR count). The first-order valence-corrected chi connectivity index (χ1v) is 2.05. The van der Waals surface area contributed by atoms with Crippen molar-refractivity contribution in [3.05, 3.63) is 11.8 Å². The van der Waals surface area contributed by atoms with Gasteiger partial charge >= 0.3 is 0 Å². The Morgan fingerprint density at radius 2 is 1.25 bits per heavy atom. The quantitative estimate of drug-likeness (QED) is 0.471. The van der Waals surface area contributed by atoms with E-state index in [4.69, 9.17) is 11.5 Å². The van der Waals surface area contributed by atoms with E-state index in [0.29, 0.717) is 0 Å². The average molecular weight is 118 g/mol. The Kier molecular flexibility index (Phi) is 2.61. The second-order valence-electron chi connectivity index (χ2n) is 1.14. The molecule has 0 bridgehead atoms. The molecule has 8 heavy (non-hydrogen) atoms. The van der Waals surface area contributed by atoms with E-state index in [2.05, 4.69) is 9.47 Å². The van der Waals surface area contributed by atoms with Crippen LogP contribution in [0.15, 0.2) is 11.8 Å². The first-order valence-electron chi connectivity index (χ1n) is 2.05. The highest BCUT2D eigenvalue weighted by Gasteiger charge is 1.93. The van der Waals surface area contributed by atoms with E-state index < -0.39 is 0 Å². The predicted octanol–water partition coefficient (Wildman–Crippen LogP) is -0.677. The Labute approximate surface area is 48.1 Å². The third-order valence-electron chi connectivity index (χ3n) is 0.683. The van der Waals surface area contributed by atoms with Crippen LogP contribution in [0.5, 0.6) is 0 Å². The summed E-state index contributed by atoms with van der Waals surface area (Å²) in [5, 5.41) is 0. The van der Waals surface area contributed by atoms with Crippen molar-refractivity contribution in [2.45, 2.75) is 0 Å². The van der Waals surface area contributed by atoms with Crippen LogP contribution >= 0.6 is 0 Å². The van der Waals surface area contributed by atoms with E-state index in [-0.39, 0.29) is 11.8 Å². The smallest absolute Gasteiger partial charge is 0.245 e. The molecule has 0 atom stereocenters. The van der Waals surface area contributed by atoms with Crippen LogP contribution in [0.25, 0.3) is 0 Å². The van der Waals surface area contributed by atoms with Crippen LogP contribution < -0.4 is 11.5 Å². The lowest BCUT2D eigenvalue weighted by Crippen LogP contribution is -2.12. The molecule has 48 valence electrons. The molecular weight excluding hydrogens is 108 g/mol. The van der Waals surface area contributed by atoms with Crippen LogP contribution in [0.2, 0.25) is 0 Å². The summed E-state index contributed by atoms with van der Waals surface area (Å²) in [6, 6.07) is 0. The highest BCUT2D eigenvalue weighted by Crippen LogP contribution is 1.89. The van der Waals surface area contributed by atoms with Gasteiger partial charge in [0.1, 0.15) is 0 Å². The van der Waals surface area contributed by atoms with Crippen molar-refractivity contribution in [3.63, 3.8) is 0 Å². The van der Waals surface area contributed by atoms with E-state index in [9.17, 15) is 0 Å². The van der Waals surface area contributed by atoms with E-state index in [1.807, 2.05) is 0 Å². The molecule has 0 saturated carbocycles. The molecule has 0 aromatic heterocycles. The Balaban J connectivity index is 3.83. The second-order valence-corrected chi connectivity index (χ2v) is 1.14. The zero-order chi connectivity index (χ0) is 6.57. The molecule has 4 nitrogen and oxygen atoms in total. The average Bonchev–Trinajstić information content (AvgIpc) is 1.84. The summed E-state index contributed by atoms with van der Waals surface area (Å²) in [7, 11) is 2.84. The number of methoxy groups -OCH3 is 2. The van der Waals surface area contributed by atoms with Crippen LogP contribution in [0.1, 0.15) is 0 Å². The molecule has 0 saturated heterocycles. The first kappa shape index (κ1) is 6.94. The summed E-state index contributed by atoms with van der Waals surface area (Å²) in [4.78, 5) is 0. The molecule has 0 aromatic rings. The SMILES string of the molecule is COC(N)=C(N)OC. The zero-order valence-corrected chi connectivity index (χ0v) is 4.97. The van der Waals surface area contributed by atoms with Crippen molar-refractivity contribution in [1.82, 2.24) is 0 Å². The van der Waals surface area contributed by atoms with Gasteiger partial charge in [0.15, 0.2) is 0 Å². The van der Waals surface area contributed by atoms with Crippen LogP contribution in [-0.2, 0) is 9.47 Å². The molecule has 4 N–H and O–H groups in total. The number of nitrogens with two attached hydrogens (primary N) is 2. The van der Waals surface area contributed by atoms with E-state index in [1.165, 1.54) is 14.2 Å². The largest absolute Gasteiger partial charge is 0.479 e. The highest BCUT2D eigenvalue weighted by molar-refractivity contribution is 4.90. The maximum absolute atomic E-state index is 5.13. The highest BCUT2D eigenvalue weighted by atomic mass is 16.5. The fraction of sp³-hybridized carbons (Fsp3) is 0.500. The monoisotopic (exact) mass is 118 g/mol. The normalized spacial score (nSPS) is 12.2. The summed E-state index contributed by atoms with van der Waals surface area (Å²) in [6.07, 6.45) is 0. The van der Waals surface area contributed by atoms with Crippen LogP contribution in [0.4, 0.5) is 0 Å². The van der Waals surface area contributed by atoms with Gasteiger partial charge in [-0.05, 0) is 0 Å². The van der Waals surface area contributed by atoms with Crippen molar-refractivity contribution >= 4 is 0 Å². The Bertz CT molecular complexity index is 88.2. The lowest BCUT2D eigenvalue weighted by atomic mass is 10.8. The molecule has 0 fully saturated rings. The summed E-state index contributed by atoms with van der Waals surface area (Å²) < 4.78 is 9.02. The fourth-order valence-corrected chi connectivity index (χ4v) is 0.201. The van der Waals surface area contributed by atoms with Gasteiger partial charge in [-0.1, -0.05) is 0 Å². The molecule has 0 aliphatic heterocycles. The number of hydrogen-bond acceptors (Lipinski definition) is 4. The van der Waals surface area contributed by atoms with Crippen molar-refractivity contribution < 1.29 is 9.47 Å². The van der Waals surface area contributed by atoms with E-state index in [1.54, 1.807) is 0 Å². The van der Waals surface area contributed by atoms with Gasteiger partial charge in [-0.25, -0.2) is 0 Å². The maximum atomic E-state index is 5.13. The third-order valence-corrected chi connectivity index (χ3v) is 0.683.